The van der Waals surface area contributed by atoms with Gasteiger partial charge in [-0.3, -0.25) is 15.0 Å². The van der Waals surface area contributed by atoms with Crippen molar-refractivity contribution in [2.75, 3.05) is 44.3 Å². The van der Waals surface area contributed by atoms with Crippen LogP contribution < -0.4 is 15.0 Å². The fraction of sp³-hybridized carbons (Fsp3) is 0.500. The first-order valence-corrected chi connectivity index (χ1v) is 15.4. The van der Waals surface area contributed by atoms with E-state index in [1.807, 2.05) is 4.90 Å². The van der Waals surface area contributed by atoms with E-state index in [-0.39, 0.29) is 35.9 Å². The highest BCUT2D eigenvalue weighted by Gasteiger charge is 2.45. The van der Waals surface area contributed by atoms with Gasteiger partial charge in [-0.25, -0.2) is 9.18 Å². The number of alkyl carbamates (subject to hydrolysis) is 1. The molecule has 3 saturated heterocycles. The fourth-order valence-corrected chi connectivity index (χ4v) is 7.29. The van der Waals surface area contributed by atoms with E-state index in [1.165, 1.54) is 6.20 Å². The van der Waals surface area contributed by atoms with E-state index in [4.69, 9.17) is 26.1 Å². The lowest BCUT2D eigenvalue weighted by Gasteiger charge is -2.37. The van der Waals surface area contributed by atoms with Gasteiger partial charge >= 0.3 is 12.1 Å². The molecule has 0 bridgehead atoms. The number of aliphatic hydroxyl groups is 1. The Labute approximate surface area is 257 Å². The van der Waals surface area contributed by atoms with E-state index >= 15 is 4.39 Å². The Bertz CT molecular complexity index is 1710. The number of nitrogens with one attached hydrogen (secondary N) is 2. The highest BCUT2D eigenvalue weighted by Crippen LogP contribution is 2.40. The molecule has 232 valence electrons. The van der Waals surface area contributed by atoms with Crippen LogP contribution in [0.2, 0.25) is 5.02 Å². The number of pyridine rings is 1. The number of H-pyrrole nitrogens is 1. The van der Waals surface area contributed by atoms with E-state index in [9.17, 15) is 9.90 Å². The van der Waals surface area contributed by atoms with Crippen LogP contribution >= 0.6 is 11.6 Å². The van der Waals surface area contributed by atoms with Crippen LogP contribution in [0.1, 0.15) is 39.0 Å². The average Bonchev–Trinajstić information content (AvgIpc) is 3.72. The first kappa shape index (κ1) is 28.9. The standard InChI is InChI=1S/C30H34ClFN8O4/c1-2-43-29(42)35-18-11-19(41)15-39(14-18)27-22-12-33-25(20-9-17(31)10-23-21(20)13-34-38-23)24(32)26(22)36-28(37-27)44-16-30-5-3-7-40(30)8-4-6-30/h9-10,12-13,18-19,41H,2-8,11,14-16H2,1H3,(H,34,38)(H,35,42). The number of hydrogen-bond donors (Lipinski definition) is 3. The number of halogens is 2. The molecule has 0 radical (unpaired) electrons. The zero-order chi connectivity index (χ0) is 30.4. The number of fused-ring (bicyclic) bond motifs is 3. The van der Waals surface area contributed by atoms with Gasteiger partial charge in [0, 0.05) is 35.3 Å². The minimum atomic E-state index is -0.771. The number of anilines is 1. The molecule has 44 heavy (non-hydrogen) atoms. The van der Waals surface area contributed by atoms with Crippen molar-refractivity contribution >= 4 is 45.3 Å². The maximum Gasteiger partial charge on any atom is 0.407 e. The molecule has 2 unspecified atom stereocenters. The Morgan fingerprint density at radius 1 is 1.20 bits per heavy atom. The van der Waals surface area contributed by atoms with Gasteiger partial charge in [0.05, 0.1) is 41.4 Å². The van der Waals surface area contributed by atoms with Crippen LogP contribution in [0.3, 0.4) is 0 Å². The number of β-amino-alcohol motifs (C(OH)–C–C–N with tert-alkyl or cyclic N) is 1. The zero-order valence-corrected chi connectivity index (χ0v) is 25.1. The van der Waals surface area contributed by atoms with Crippen LogP contribution in [0, 0.1) is 5.82 Å². The quantitative estimate of drug-likeness (QED) is 0.276. The molecular weight excluding hydrogens is 591 g/mol. The first-order valence-electron chi connectivity index (χ1n) is 15.1. The molecule has 0 spiro atoms. The summed E-state index contributed by atoms with van der Waals surface area (Å²) in [5.74, 6) is -0.287. The van der Waals surface area contributed by atoms with E-state index in [0.717, 1.165) is 38.8 Å². The molecule has 3 aliphatic rings. The SMILES string of the molecule is CCOC(=O)NC1CC(O)CN(c2nc(OCC34CCCN3CCC4)nc3c(F)c(-c4cc(Cl)cc5[nH]ncc45)ncc23)C1. The number of carbonyl (C=O) groups is 1. The number of piperidine rings is 1. The molecule has 14 heteroatoms. The molecule has 3 aliphatic heterocycles. The van der Waals surface area contributed by atoms with E-state index < -0.39 is 24.1 Å². The van der Waals surface area contributed by atoms with Gasteiger partial charge in [-0.15, -0.1) is 0 Å². The normalized spacial score (nSPS) is 21.6. The van der Waals surface area contributed by atoms with Crippen LogP contribution in [0.4, 0.5) is 15.0 Å². The second kappa shape index (κ2) is 11.6. The lowest BCUT2D eigenvalue weighted by molar-refractivity contribution is 0.107. The van der Waals surface area contributed by atoms with Gasteiger partial charge in [-0.1, -0.05) is 11.6 Å². The highest BCUT2D eigenvalue weighted by atomic mass is 35.5. The summed E-state index contributed by atoms with van der Waals surface area (Å²) in [4.78, 5) is 30.3. The van der Waals surface area contributed by atoms with Crippen molar-refractivity contribution in [3.05, 3.63) is 35.4 Å². The summed E-state index contributed by atoms with van der Waals surface area (Å²) < 4.78 is 27.9. The maximum atomic E-state index is 16.6. The van der Waals surface area contributed by atoms with Gasteiger partial charge in [0.1, 0.15) is 23.6 Å². The molecular formula is C30H34ClFN8O4. The smallest absolute Gasteiger partial charge is 0.407 e. The van der Waals surface area contributed by atoms with E-state index in [2.05, 4.69) is 30.4 Å². The number of carbonyl (C=O) groups excluding carboxylic acids is 1. The molecule has 3 aromatic heterocycles. The molecule has 6 heterocycles. The maximum absolute atomic E-state index is 16.6. The molecule has 2 atom stereocenters. The van der Waals surface area contributed by atoms with E-state index in [1.54, 1.807) is 25.3 Å². The summed E-state index contributed by atoms with van der Waals surface area (Å²) in [6, 6.07) is 2.99. The van der Waals surface area contributed by atoms with Crippen molar-refractivity contribution in [2.24, 2.45) is 0 Å². The van der Waals surface area contributed by atoms with Gasteiger partial charge in [0.2, 0.25) is 0 Å². The summed E-state index contributed by atoms with van der Waals surface area (Å²) in [5, 5.41) is 22.0. The number of hydrogen-bond acceptors (Lipinski definition) is 10. The van der Waals surface area contributed by atoms with Crippen molar-refractivity contribution in [2.45, 2.75) is 56.7 Å². The minimum Gasteiger partial charge on any atom is -0.461 e. The van der Waals surface area contributed by atoms with Crippen molar-refractivity contribution in [1.82, 2.24) is 35.4 Å². The van der Waals surface area contributed by atoms with Crippen molar-refractivity contribution in [3.63, 3.8) is 0 Å². The molecule has 12 nitrogen and oxygen atoms in total. The lowest BCUT2D eigenvalue weighted by Crippen LogP contribution is -2.53. The van der Waals surface area contributed by atoms with Gasteiger partial charge in [0.25, 0.3) is 0 Å². The van der Waals surface area contributed by atoms with Gasteiger partial charge in [-0.2, -0.15) is 15.1 Å². The largest absolute Gasteiger partial charge is 0.461 e. The second-order valence-electron chi connectivity index (χ2n) is 11.9. The number of aliphatic hydroxyl groups excluding tert-OH is 1. The highest BCUT2D eigenvalue weighted by molar-refractivity contribution is 6.31. The summed E-state index contributed by atoms with van der Waals surface area (Å²) in [6.07, 6.45) is 6.42. The summed E-state index contributed by atoms with van der Waals surface area (Å²) in [5.41, 5.74) is 1.17. The Morgan fingerprint density at radius 3 is 2.82 bits per heavy atom. The van der Waals surface area contributed by atoms with Crippen molar-refractivity contribution < 1.29 is 23.8 Å². The number of ether oxygens (including phenoxy) is 2. The number of nitrogens with zero attached hydrogens (tertiary/aromatic N) is 6. The third-order valence-corrected chi connectivity index (χ3v) is 9.25. The topological polar surface area (TPSA) is 142 Å². The molecule has 3 fully saturated rings. The van der Waals surface area contributed by atoms with Crippen molar-refractivity contribution in [3.8, 4) is 17.3 Å². The van der Waals surface area contributed by atoms with Crippen molar-refractivity contribution in [1.29, 1.82) is 0 Å². The molecule has 1 amide bonds. The number of rotatable bonds is 7. The molecule has 0 saturated carbocycles. The number of benzene rings is 1. The third kappa shape index (κ3) is 5.26. The third-order valence-electron chi connectivity index (χ3n) is 9.03. The van der Waals surface area contributed by atoms with Crippen LogP contribution in [0.15, 0.2) is 24.5 Å². The summed E-state index contributed by atoms with van der Waals surface area (Å²) in [7, 11) is 0. The van der Waals surface area contributed by atoms with Crippen LogP contribution in [-0.2, 0) is 4.74 Å². The molecule has 3 N–H and O–H groups in total. The van der Waals surface area contributed by atoms with Gasteiger partial charge in [-0.05, 0) is 64.3 Å². The van der Waals surface area contributed by atoms with Crippen LogP contribution in [0.25, 0.3) is 33.1 Å². The summed E-state index contributed by atoms with van der Waals surface area (Å²) >= 11 is 6.37. The molecule has 4 aromatic rings. The number of aromatic nitrogens is 5. The fourth-order valence-electron chi connectivity index (χ4n) is 7.08. The first-order chi connectivity index (χ1) is 21.3. The molecule has 1 aromatic carbocycles. The number of amides is 1. The second-order valence-corrected chi connectivity index (χ2v) is 12.3. The monoisotopic (exact) mass is 624 g/mol. The van der Waals surface area contributed by atoms with Crippen LogP contribution in [-0.4, -0.2) is 98.3 Å². The Balaban J connectivity index is 1.31. The van der Waals surface area contributed by atoms with Gasteiger partial charge in [0.15, 0.2) is 5.82 Å². The Kier molecular flexibility index (Phi) is 7.63. The molecule has 7 rings (SSSR count). The van der Waals surface area contributed by atoms with E-state index in [0.29, 0.717) is 52.3 Å². The zero-order valence-electron chi connectivity index (χ0n) is 24.4. The molecule has 0 aliphatic carbocycles. The van der Waals surface area contributed by atoms with Crippen LogP contribution in [0.5, 0.6) is 6.01 Å². The number of aromatic amines is 1. The lowest BCUT2D eigenvalue weighted by atomic mass is 9.95. The average molecular weight is 625 g/mol. The predicted octanol–water partition coefficient (Wildman–Crippen LogP) is 4.05. The minimum absolute atomic E-state index is 0.0359. The Hall–Kier alpha value is -3.81. The Morgan fingerprint density at radius 2 is 2.02 bits per heavy atom. The summed E-state index contributed by atoms with van der Waals surface area (Å²) in [6.45, 7) is 4.97. The van der Waals surface area contributed by atoms with Gasteiger partial charge < -0.3 is 24.8 Å². The predicted molar refractivity (Wildman–Crippen MR) is 162 cm³/mol.